The number of halogens is 1. The average molecular weight is 320 g/mol. The number of likely N-dealkylation sites (tertiary alicyclic amines) is 1. The van der Waals surface area contributed by atoms with Crippen molar-refractivity contribution in [1.82, 2.24) is 10.2 Å². The standard InChI is InChI=1S/C18H25FN2O2/c1-13(2)11-17(22)20-15-7-9-21(10-8-15)18(23)12-14-5-3-4-6-16(14)19/h3-6,13,15H,7-12H2,1-2H3,(H,20,22). The minimum atomic E-state index is -0.336. The van der Waals surface area contributed by atoms with Gasteiger partial charge < -0.3 is 10.2 Å². The smallest absolute Gasteiger partial charge is 0.227 e. The normalized spacial score (nSPS) is 15.7. The first kappa shape index (κ1) is 17.4. The van der Waals surface area contributed by atoms with Crippen LogP contribution >= 0.6 is 0 Å². The number of carbonyl (C=O) groups is 2. The summed E-state index contributed by atoms with van der Waals surface area (Å²) >= 11 is 0. The van der Waals surface area contributed by atoms with E-state index in [1.54, 1.807) is 23.1 Å². The third-order valence-corrected chi connectivity index (χ3v) is 4.11. The van der Waals surface area contributed by atoms with E-state index < -0.39 is 0 Å². The summed E-state index contributed by atoms with van der Waals surface area (Å²) in [5, 5.41) is 3.03. The summed E-state index contributed by atoms with van der Waals surface area (Å²) in [7, 11) is 0. The van der Waals surface area contributed by atoms with Gasteiger partial charge >= 0.3 is 0 Å². The van der Waals surface area contributed by atoms with Crippen LogP contribution in [0.2, 0.25) is 0 Å². The highest BCUT2D eigenvalue weighted by molar-refractivity contribution is 5.79. The Balaban J connectivity index is 1.79. The number of nitrogens with zero attached hydrogens (tertiary/aromatic N) is 1. The quantitative estimate of drug-likeness (QED) is 0.906. The van der Waals surface area contributed by atoms with Crippen molar-refractivity contribution in [3.05, 3.63) is 35.6 Å². The highest BCUT2D eigenvalue weighted by Crippen LogP contribution is 2.14. The second-order valence-corrected chi connectivity index (χ2v) is 6.59. The van der Waals surface area contributed by atoms with Gasteiger partial charge in [-0.3, -0.25) is 9.59 Å². The van der Waals surface area contributed by atoms with Crippen molar-refractivity contribution in [3.63, 3.8) is 0 Å². The van der Waals surface area contributed by atoms with Crippen molar-refractivity contribution >= 4 is 11.8 Å². The van der Waals surface area contributed by atoms with Crippen molar-refractivity contribution in [2.24, 2.45) is 5.92 Å². The van der Waals surface area contributed by atoms with Crippen LogP contribution in [0, 0.1) is 11.7 Å². The fourth-order valence-corrected chi connectivity index (χ4v) is 2.85. The maximum Gasteiger partial charge on any atom is 0.227 e. The zero-order chi connectivity index (χ0) is 16.8. The molecule has 0 atom stereocenters. The van der Waals surface area contributed by atoms with Gasteiger partial charge in [-0.1, -0.05) is 32.0 Å². The van der Waals surface area contributed by atoms with E-state index in [4.69, 9.17) is 0 Å². The number of carbonyl (C=O) groups excluding carboxylic acids is 2. The molecule has 1 N–H and O–H groups in total. The highest BCUT2D eigenvalue weighted by atomic mass is 19.1. The molecule has 1 heterocycles. The molecule has 2 amide bonds. The molecule has 126 valence electrons. The van der Waals surface area contributed by atoms with Crippen LogP contribution in [0.3, 0.4) is 0 Å². The second-order valence-electron chi connectivity index (χ2n) is 6.59. The van der Waals surface area contributed by atoms with E-state index in [1.165, 1.54) is 6.07 Å². The molecular formula is C18H25FN2O2. The summed E-state index contributed by atoms with van der Waals surface area (Å²) in [5.41, 5.74) is 0.435. The van der Waals surface area contributed by atoms with Crippen molar-refractivity contribution in [2.45, 2.75) is 45.6 Å². The Labute approximate surface area is 137 Å². The average Bonchev–Trinajstić information content (AvgIpc) is 2.49. The number of nitrogens with one attached hydrogen (secondary N) is 1. The first-order chi connectivity index (χ1) is 11.0. The Hall–Kier alpha value is -1.91. The zero-order valence-electron chi connectivity index (χ0n) is 13.8. The third-order valence-electron chi connectivity index (χ3n) is 4.11. The molecule has 4 nitrogen and oxygen atoms in total. The summed E-state index contributed by atoms with van der Waals surface area (Å²) in [6.07, 6.45) is 2.14. The highest BCUT2D eigenvalue weighted by Gasteiger charge is 2.24. The fraction of sp³-hybridized carbons (Fsp3) is 0.556. The van der Waals surface area contributed by atoms with E-state index in [2.05, 4.69) is 5.32 Å². The Kier molecular flexibility index (Phi) is 6.13. The Morgan fingerprint density at radius 2 is 1.91 bits per heavy atom. The third kappa shape index (κ3) is 5.34. The van der Waals surface area contributed by atoms with Crippen LogP contribution in [0.5, 0.6) is 0 Å². The minimum Gasteiger partial charge on any atom is -0.353 e. The molecule has 2 rings (SSSR count). The van der Waals surface area contributed by atoms with Gasteiger partial charge in [0.25, 0.3) is 0 Å². The lowest BCUT2D eigenvalue weighted by Gasteiger charge is -2.32. The van der Waals surface area contributed by atoms with Gasteiger partial charge in [0.2, 0.25) is 11.8 Å². The van der Waals surface area contributed by atoms with Crippen LogP contribution < -0.4 is 5.32 Å². The first-order valence-electron chi connectivity index (χ1n) is 8.26. The fourth-order valence-electron chi connectivity index (χ4n) is 2.85. The van der Waals surface area contributed by atoms with Gasteiger partial charge in [-0.2, -0.15) is 0 Å². The van der Waals surface area contributed by atoms with E-state index in [0.717, 1.165) is 12.8 Å². The number of piperidine rings is 1. The number of hydrogen-bond acceptors (Lipinski definition) is 2. The summed E-state index contributed by atoms with van der Waals surface area (Å²) < 4.78 is 13.6. The molecule has 23 heavy (non-hydrogen) atoms. The second kappa shape index (κ2) is 8.09. The zero-order valence-corrected chi connectivity index (χ0v) is 13.8. The maximum absolute atomic E-state index is 13.6. The topological polar surface area (TPSA) is 49.4 Å². The molecule has 0 bridgehead atoms. The van der Waals surface area contributed by atoms with Crippen LogP contribution in [0.15, 0.2) is 24.3 Å². The summed E-state index contributed by atoms with van der Waals surface area (Å²) in [6.45, 7) is 5.26. The Morgan fingerprint density at radius 1 is 1.26 bits per heavy atom. The van der Waals surface area contributed by atoms with E-state index in [9.17, 15) is 14.0 Å². The number of rotatable bonds is 5. The molecule has 0 aliphatic carbocycles. The van der Waals surface area contributed by atoms with Gasteiger partial charge in [0, 0.05) is 25.6 Å². The van der Waals surface area contributed by atoms with E-state index in [1.807, 2.05) is 13.8 Å². The van der Waals surface area contributed by atoms with Gasteiger partial charge in [0.05, 0.1) is 6.42 Å². The Bertz CT molecular complexity index is 552. The van der Waals surface area contributed by atoms with Crippen LogP contribution in [0.4, 0.5) is 4.39 Å². The van der Waals surface area contributed by atoms with Crippen molar-refractivity contribution in [1.29, 1.82) is 0 Å². The van der Waals surface area contributed by atoms with Crippen LogP contribution in [0.1, 0.15) is 38.7 Å². The predicted molar refractivity (Wildman–Crippen MR) is 87.3 cm³/mol. The number of amides is 2. The van der Waals surface area contributed by atoms with E-state index in [0.29, 0.717) is 31.0 Å². The minimum absolute atomic E-state index is 0.0537. The lowest BCUT2D eigenvalue weighted by Crippen LogP contribution is -2.47. The molecule has 1 saturated heterocycles. The van der Waals surface area contributed by atoms with Gasteiger partial charge in [-0.25, -0.2) is 4.39 Å². The molecule has 0 saturated carbocycles. The molecule has 1 fully saturated rings. The summed E-state index contributed by atoms with van der Waals surface area (Å²) in [6, 6.07) is 6.51. The van der Waals surface area contributed by atoms with Crippen molar-refractivity contribution < 1.29 is 14.0 Å². The molecule has 1 aromatic carbocycles. The Morgan fingerprint density at radius 3 is 2.52 bits per heavy atom. The first-order valence-corrected chi connectivity index (χ1v) is 8.26. The molecule has 1 aliphatic rings. The van der Waals surface area contributed by atoms with Crippen LogP contribution in [-0.2, 0) is 16.0 Å². The molecule has 0 radical (unpaired) electrons. The van der Waals surface area contributed by atoms with E-state index >= 15 is 0 Å². The summed E-state index contributed by atoms with van der Waals surface area (Å²) in [4.78, 5) is 25.8. The molecule has 1 aliphatic heterocycles. The molecule has 0 unspecified atom stereocenters. The molecule has 0 spiro atoms. The number of hydrogen-bond donors (Lipinski definition) is 1. The van der Waals surface area contributed by atoms with Gasteiger partial charge in [0.15, 0.2) is 0 Å². The van der Waals surface area contributed by atoms with Gasteiger partial charge in [-0.15, -0.1) is 0 Å². The van der Waals surface area contributed by atoms with Gasteiger partial charge in [-0.05, 0) is 30.4 Å². The maximum atomic E-state index is 13.6. The van der Waals surface area contributed by atoms with E-state index in [-0.39, 0.29) is 30.1 Å². The lowest BCUT2D eigenvalue weighted by molar-refractivity contribution is -0.131. The molecule has 1 aromatic rings. The van der Waals surface area contributed by atoms with Gasteiger partial charge in [0.1, 0.15) is 5.82 Å². The number of benzene rings is 1. The van der Waals surface area contributed by atoms with Crippen molar-refractivity contribution in [3.8, 4) is 0 Å². The molecule has 5 heteroatoms. The molecular weight excluding hydrogens is 295 g/mol. The van der Waals surface area contributed by atoms with Crippen molar-refractivity contribution in [2.75, 3.05) is 13.1 Å². The SMILES string of the molecule is CC(C)CC(=O)NC1CCN(C(=O)Cc2ccccc2F)CC1. The lowest BCUT2D eigenvalue weighted by atomic mass is 10.0. The monoisotopic (exact) mass is 320 g/mol. The molecule has 0 aromatic heterocycles. The summed E-state index contributed by atoms with van der Waals surface area (Å²) in [5.74, 6) is 0.0345. The largest absolute Gasteiger partial charge is 0.353 e. The van der Waals surface area contributed by atoms with Crippen LogP contribution in [-0.4, -0.2) is 35.8 Å². The van der Waals surface area contributed by atoms with Crippen LogP contribution in [0.25, 0.3) is 0 Å². The predicted octanol–water partition coefficient (Wildman–Crippen LogP) is 2.52.